The SMILES string of the molecule is Brc1cccc2nc(Nc3ccccc3)ccc12. The number of halogens is 1. The maximum Gasteiger partial charge on any atom is 0.131 e. The number of rotatable bonds is 2. The van der Waals surface area contributed by atoms with Gasteiger partial charge in [-0.15, -0.1) is 0 Å². The zero-order valence-corrected chi connectivity index (χ0v) is 11.2. The molecule has 0 bridgehead atoms. The molecule has 1 N–H and O–H groups in total. The Morgan fingerprint density at radius 3 is 2.50 bits per heavy atom. The lowest BCUT2D eigenvalue weighted by Crippen LogP contribution is -1.93. The third-order valence-electron chi connectivity index (χ3n) is 2.72. The molecule has 0 radical (unpaired) electrons. The number of hydrogen-bond acceptors (Lipinski definition) is 2. The highest BCUT2D eigenvalue weighted by Crippen LogP contribution is 2.24. The van der Waals surface area contributed by atoms with E-state index in [1.807, 2.05) is 54.6 Å². The van der Waals surface area contributed by atoms with Crippen LogP contribution in [0.3, 0.4) is 0 Å². The minimum Gasteiger partial charge on any atom is -0.340 e. The van der Waals surface area contributed by atoms with E-state index in [0.717, 1.165) is 26.9 Å². The van der Waals surface area contributed by atoms with Gasteiger partial charge in [0.1, 0.15) is 5.82 Å². The van der Waals surface area contributed by atoms with Gasteiger partial charge in [0, 0.05) is 15.5 Å². The molecule has 0 unspecified atom stereocenters. The van der Waals surface area contributed by atoms with Crippen LogP contribution in [-0.2, 0) is 0 Å². The third-order valence-corrected chi connectivity index (χ3v) is 3.42. The van der Waals surface area contributed by atoms with Crippen molar-refractivity contribution in [1.82, 2.24) is 4.98 Å². The van der Waals surface area contributed by atoms with Crippen LogP contribution in [0.25, 0.3) is 10.9 Å². The van der Waals surface area contributed by atoms with E-state index in [9.17, 15) is 0 Å². The summed E-state index contributed by atoms with van der Waals surface area (Å²) in [4.78, 5) is 4.59. The molecule has 0 aliphatic carbocycles. The molecular formula is C15H11BrN2. The molecule has 0 atom stereocenters. The van der Waals surface area contributed by atoms with Gasteiger partial charge >= 0.3 is 0 Å². The van der Waals surface area contributed by atoms with Crippen molar-refractivity contribution in [3.05, 3.63) is 65.1 Å². The van der Waals surface area contributed by atoms with Crippen molar-refractivity contribution < 1.29 is 0 Å². The second-order valence-corrected chi connectivity index (χ2v) is 4.85. The van der Waals surface area contributed by atoms with Crippen LogP contribution in [0.15, 0.2) is 65.1 Å². The Kier molecular flexibility index (Phi) is 2.99. The van der Waals surface area contributed by atoms with E-state index < -0.39 is 0 Å². The summed E-state index contributed by atoms with van der Waals surface area (Å²) in [5, 5.41) is 4.41. The molecule has 0 aliphatic rings. The van der Waals surface area contributed by atoms with Crippen LogP contribution in [0.5, 0.6) is 0 Å². The fourth-order valence-corrected chi connectivity index (χ4v) is 2.34. The largest absolute Gasteiger partial charge is 0.340 e. The lowest BCUT2D eigenvalue weighted by atomic mass is 10.2. The Morgan fingerprint density at radius 2 is 1.67 bits per heavy atom. The molecule has 3 heteroatoms. The number of para-hydroxylation sites is 1. The minimum atomic E-state index is 0.854. The summed E-state index contributed by atoms with van der Waals surface area (Å²) in [5.74, 6) is 0.854. The molecule has 3 rings (SSSR count). The lowest BCUT2D eigenvalue weighted by Gasteiger charge is -2.07. The number of aromatic nitrogens is 1. The van der Waals surface area contributed by atoms with Gasteiger partial charge in [-0.3, -0.25) is 0 Å². The van der Waals surface area contributed by atoms with E-state index in [-0.39, 0.29) is 0 Å². The van der Waals surface area contributed by atoms with Gasteiger partial charge in [-0.05, 0) is 36.4 Å². The maximum atomic E-state index is 4.59. The van der Waals surface area contributed by atoms with Crippen molar-refractivity contribution in [3.63, 3.8) is 0 Å². The van der Waals surface area contributed by atoms with Crippen LogP contribution >= 0.6 is 15.9 Å². The molecule has 0 aliphatic heterocycles. The van der Waals surface area contributed by atoms with E-state index in [0.29, 0.717) is 0 Å². The van der Waals surface area contributed by atoms with Crippen LogP contribution < -0.4 is 5.32 Å². The number of fused-ring (bicyclic) bond motifs is 1. The van der Waals surface area contributed by atoms with Crippen LogP contribution in [-0.4, -0.2) is 4.98 Å². The predicted octanol–water partition coefficient (Wildman–Crippen LogP) is 4.74. The molecule has 2 aromatic carbocycles. The molecule has 2 nitrogen and oxygen atoms in total. The van der Waals surface area contributed by atoms with E-state index in [4.69, 9.17) is 0 Å². The Balaban J connectivity index is 1.99. The Labute approximate surface area is 114 Å². The molecule has 0 saturated carbocycles. The molecule has 1 heterocycles. The standard InChI is InChI=1S/C15H11BrN2/c16-13-7-4-8-14-12(13)9-10-15(18-14)17-11-5-2-1-3-6-11/h1-10H,(H,17,18). The molecule has 3 aromatic rings. The van der Waals surface area contributed by atoms with Gasteiger partial charge < -0.3 is 5.32 Å². The van der Waals surface area contributed by atoms with Crippen molar-refractivity contribution in [2.45, 2.75) is 0 Å². The number of pyridine rings is 1. The first-order valence-corrected chi connectivity index (χ1v) is 6.49. The minimum absolute atomic E-state index is 0.854. The van der Waals surface area contributed by atoms with Gasteiger partial charge in [0.15, 0.2) is 0 Å². The highest BCUT2D eigenvalue weighted by Gasteiger charge is 2.01. The molecule has 0 saturated heterocycles. The Morgan fingerprint density at radius 1 is 0.833 bits per heavy atom. The highest BCUT2D eigenvalue weighted by molar-refractivity contribution is 9.10. The first kappa shape index (κ1) is 11.2. The fraction of sp³-hybridized carbons (Fsp3) is 0. The number of nitrogens with one attached hydrogen (secondary N) is 1. The lowest BCUT2D eigenvalue weighted by molar-refractivity contribution is 1.37. The molecule has 0 fully saturated rings. The van der Waals surface area contributed by atoms with E-state index in [1.54, 1.807) is 0 Å². The van der Waals surface area contributed by atoms with Crippen LogP contribution in [0.1, 0.15) is 0 Å². The number of benzene rings is 2. The van der Waals surface area contributed by atoms with Crippen molar-refractivity contribution >= 4 is 38.3 Å². The van der Waals surface area contributed by atoms with Crippen molar-refractivity contribution in [2.24, 2.45) is 0 Å². The van der Waals surface area contributed by atoms with Crippen LogP contribution in [0, 0.1) is 0 Å². The van der Waals surface area contributed by atoms with E-state index in [1.165, 1.54) is 0 Å². The average Bonchev–Trinajstić information content (AvgIpc) is 2.40. The third kappa shape index (κ3) is 2.22. The molecule has 0 spiro atoms. The van der Waals surface area contributed by atoms with Gasteiger partial charge in [-0.25, -0.2) is 4.98 Å². The van der Waals surface area contributed by atoms with E-state index >= 15 is 0 Å². The normalized spacial score (nSPS) is 10.5. The van der Waals surface area contributed by atoms with Crippen molar-refractivity contribution in [3.8, 4) is 0 Å². The summed E-state index contributed by atoms with van der Waals surface area (Å²) < 4.78 is 1.07. The monoisotopic (exact) mass is 298 g/mol. The van der Waals surface area contributed by atoms with Gasteiger partial charge in [0.05, 0.1) is 5.52 Å². The topological polar surface area (TPSA) is 24.9 Å². The first-order chi connectivity index (χ1) is 8.83. The summed E-state index contributed by atoms with van der Waals surface area (Å²) in [6.45, 7) is 0. The zero-order chi connectivity index (χ0) is 12.4. The second-order valence-electron chi connectivity index (χ2n) is 3.99. The predicted molar refractivity (Wildman–Crippen MR) is 79.2 cm³/mol. The molecule has 18 heavy (non-hydrogen) atoms. The Bertz CT molecular complexity index is 680. The zero-order valence-electron chi connectivity index (χ0n) is 9.60. The second kappa shape index (κ2) is 4.78. The highest BCUT2D eigenvalue weighted by atomic mass is 79.9. The number of nitrogens with zero attached hydrogens (tertiary/aromatic N) is 1. The smallest absolute Gasteiger partial charge is 0.131 e. The molecular weight excluding hydrogens is 288 g/mol. The summed E-state index contributed by atoms with van der Waals surface area (Å²) in [6, 6.07) is 20.1. The molecule has 88 valence electrons. The average molecular weight is 299 g/mol. The quantitative estimate of drug-likeness (QED) is 0.739. The summed E-state index contributed by atoms with van der Waals surface area (Å²) in [7, 11) is 0. The first-order valence-electron chi connectivity index (χ1n) is 5.70. The summed E-state index contributed by atoms with van der Waals surface area (Å²) in [5.41, 5.74) is 2.02. The molecule has 0 amide bonds. The summed E-state index contributed by atoms with van der Waals surface area (Å²) in [6.07, 6.45) is 0. The van der Waals surface area contributed by atoms with Crippen molar-refractivity contribution in [2.75, 3.05) is 5.32 Å². The number of hydrogen-bond donors (Lipinski definition) is 1. The van der Waals surface area contributed by atoms with Crippen molar-refractivity contribution in [1.29, 1.82) is 0 Å². The maximum absolute atomic E-state index is 4.59. The van der Waals surface area contributed by atoms with E-state index in [2.05, 4.69) is 32.3 Å². The fourth-order valence-electron chi connectivity index (χ4n) is 1.86. The van der Waals surface area contributed by atoms with Gasteiger partial charge in [0.25, 0.3) is 0 Å². The van der Waals surface area contributed by atoms with Gasteiger partial charge in [0.2, 0.25) is 0 Å². The van der Waals surface area contributed by atoms with Crippen LogP contribution in [0.4, 0.5) is 11.5 Å². The Hall–Kier alpha value is -1.87. The van der Waals surface area contributed by atoms with Gasteiger partial charge in [-0.2, -0.15) is 0 Å². The summed E-state index contributed by atoms with van der Waals surface area (Å²) >= 11 is 3.53. The van der Waals surface area contributed by atoms with Crippen LogP contribution in [0.2, 0.25) is 0 Å². The van der Waals surface area contributed by atoms with Gasteiger partial charge in [-0.1, -0.05) is 40.2 Å². The number of anilines is 2. The molecule has 1 aromatic heterocycles.